The van der Waals surface area contributed by atoms with Crippen LogP contribution in [0.5, 0.6) is 0 Å². The second-order valence-corrected chi connectivity index (χ2v) is 6.07. The summed E-state index contributed by atoms with van der Waals surface area (Å²) in [6.07, 6.45) is 0. The van der Waals surface area contributed by atoms with Gasteiger partial charge in [-0.25, -0.2) is 4.79 Å². The number of thiophene rings is 1. The van der Waals surface area contributed by atoms with E-state index in [0.29, 0.717) is 6.54 Å². The minimum Gasteiger partial charge on any atom is -0.481 e. The molecular formula is C12H16N2O3S. The lowest BCUT2D eigenvalue weighted by Gasteiger charge is -2.25. The molecule has 0 spiro atoms. The minimum absolute atomic E-state index is 0.0258. The van der Waals surface area contributed by atoms with E-state index in [4.69, 9.17) is 5.11 Å². The smallest absolute Gasteiger partial charge is 0.318 e. The fraction of sp³-hybridized carbons (Fsp3) is 0.500. The molecule has 1 aromatic heterocycles. The molecule has 1 unspecified atom stereocenters. The van der Waals surface area contributed by atoms with Crippen molar-refractivity contribution in [1.82, 2.24) is 10.2 Å². The summed E-state index contributed by atoms with van der Waals surface area (Å²) in [6.45, 7) is 3.99. The number of carbonyl (C=O) groups is 2. The maximum absolute atomic E-state index is 11.8. The molecule has 98 valence electrons. The van der Waals surface area contributed by atoms with E-state index >= 15 is 0 Å². The molecular weight excluding hydrogens is 252 g/mol. The molecule has 1 atom stereocenters. The van der Waals surface area contributed by atoms with E-state index in [1.165, 1.54) is 0 Å². The number of nitrogens with one attached hydrogen (secondary N) is 1. The molecule has 0 radical (unpaired) electrons. The van der Waals surface area contributed by atoms with Crippen LogP contribution < -0.4 is 5.32 Å². The van der Waals surface area contributed by atoms with Gasteiger partial charge < -0.3 is 15.3 Å². The SMILES string of the molecule is CC(C)(CN1CC(c2cccs2)NC1=O)C(=O)O. The topological polar surface area (TPSA) is 69.6 Å². The Labute approximate surface area is 109 Å². The Balaban J connectivity index is 2.04. The molecule has 1 aliphatic rings. The van der Waals surface area contributed by atoms with Crippen LogP contribution in [0, 0.1) is 5.41 Å². The van der Waals surface area contributed by atoms with Gasteiger partial charge in [-0.3, -0.25) is 4.79 Å². The third kappa shape index (κ3) is 2.48. The third-order valence-corrected chi connectivity index (χ3v) is 4.03. The molecule has 2 N–H and O–H groups in total. The van der Waals surface area contributed by atoms with E-state index in [9.17, 15) is 9.59 Å². The van der Waals surface area contributed by atoms with Gasteiger partial charge in [0.25, 0.3) is 0 Å². The van der Waals surface area contributed by atoms with Crippen molar-refractivity contribution >= 4 is 23.3 Å². The fourth-order valence-corrected chi connectivity index (χ4v) is 2.69. The number of nitrogens with zero attached hydrogens (tertiary/aromatic N) is 1. The summed E-state index contributed by atoms with van der Waals surface area (Å²) in [6, 6.07) is 3.70. The largest absolute Gasteiger partial charge is 0.481 e. The van der Waals surface area contributed by atoms with Crippen molar-refractivity contribution in [3.63, 3.8) is 0 Å². The molecule has 2 rings (SSSR count). The predicted molar refractivity (Wildman–Crippen MR) is 68.6 cm³/mol. The normalized spacial score (nSPS) is 20.0. The zero-order valence-corrected chi connectivity index (χ0v) is 11.2. The summed E-state index contributed by atoms with van der Waals surface area (Å²) in [5.74, 6) is -0.894. The Hall–Kier alpha value is -1.56. The van der Waals surface area contributed by atoms with Gasteiger partial charge in [-0.15, -0.1) is 11.3 Å². The number of hydrogen-bond acceptors (Lipinski definition) is 3. The van der Waals surface area contributed by atoms with Crippen LogP contribution in [0.2, 0.25) is 0 Å². The standard InChI is InChI=1S/C12H16N2O3S/c1-12(2,10(15)16)7-14-6-8(13-11(14)17)9-4-3-5-18-9/h3-5,8H,6-7H2,1-2H3,(H,13,17)(H,15,16). The first-order chi connectivity index (χ1) is 8.40. The quantitative estimate of drug-likeness (QED) is 0.876. The Bertz CT molecular complexity index is 456. The average Bonchev–Trinajstić information content (AvgIpc) is 2.88. The summed E-state index contributed by atoms with van der Waals surface area (Å²) in [5.41, 5.74) is -0.929. The highest BCUT2D eigenvalue weighted by molar-refractivity contribution is 7.10. The van der Waals surface area contributed by atoms with Gasteiger partial charge in [0.15, 0.2) is 0 Å². The van der Waals surface area contributed by atoms with Crippen molar-refractivity contribution in [2.75, 3.05) is 13.1 Å². The number of hydrogen-bond donors (Lipinski definition) is 2. The number of rotatable bonds is 4. The molecule has 6 heteroatoms. The molecule has 0 aliphatic carbocycles. The van der Waals surface area contributed by atoms with Crippen LogP contribution in [0.4, 0.5) is 4.79 Å². The molecule has 1 aliphatic heterocycles. The predicted octanol–water partition coefficient (Wildman–Crippen LogP) is 1.93. The molecule has 18 heavy (non-hydrogen) atoms. The number of aliphatic carboxylic acids is 1. The third-order valence-electron chi connectivity index (χ3n) is 3.04. The van der Waals surface area contributed by atoms with Crippen LogP contribution >= 0.6 is 11.3 Å². The van der Waals surface area contributed by atoms with E-state index in [2.05, 4.69) is 5.32 Å². The lowest BCUT2D eigenvalue weighted by molar-refractivity contribution is -0.147. The van der Waals surface area contributed by atoms with Crippen LogP contribution in [0.25, 0.3) is 0 Å². The van der Waals surface area contributed by atoms with Gasteiger partial charge in [-0.1, -0.05) is 6.07 Å². The molecule has 0 saturated carbocycles. The molecule has 0 aromatic carbocycles. The molecule has 1 fully saturated rings. The summed E-state index contributed by atoms with van der Waals surface area (Å²) >= 11 is 1.59. The zero-order chi connectivity index (χ0) is 13.3. The van der Waals surface area contributed by atoms with Gasteiger partial charge in [0, 0.05) is 18.0 Å². The highest BCUT2D eigenvalue weighted by Gasteiger charge is 2.37. The maximum Gasteiger partial charge on any atom is 0.318 e. The zero-order valence-electron chi connectivity index (χ0n) is 10.3. The van der Waals surface area contributed by atoms with E-state index < -0.39 is 11.4 Å². The first-order valence-electron chi connectivity index (χ1n) is 5.72. The monoisotopic (exact) mass is 268 g/mol. The lowest BCUT2D eigenvalue weighted by Crippen LogP contribution is -2.40. The van der Waals surface area contributed by atoms with Gasteiger partial charge >= 0.3 is 12.0 Å². The van der Waals surface area contributed by atoms with Crippen LogP contribution in [0.15, 0.2) is 17.5 Å². The summed E-state index contributed by atoms with van der Waals surface area (Å²) in [5, 5.41) is 13.9. The lowest BCUT2D eigenvalue weighted by atomic mass is 9.93. The van der Waals surface area contributed by atoms with Gasteiger partial charge in [-0.05, 0) is 25.3 Å². The van der Waals surface area contributed by atoms with E-state index in [1.54, 1.807) is 30.1 Å². The van der Waals surface area contributed by atoms with Crippen molar-refractivity contribution in [2.24, 2.45) is 5.41 Å². The van der Waals surface area contributed by atoms with Gasteiger partial charge in [-0.2, -0.15) is 0 Å². The summed E-state index contributed by atoms with van der Waals surface area (Å²) < 4.78 is 0. The van der Waals surface area contributed by atoms with Gasteiger partial charge in [0.2, 0.25) is 0 Å². The molecule has 2 heterocycles. The second kappa shape index (κ2) is 4.61. The second-order valence-electron chi connectivity index (χ2n) is 5.09. The summed E-state index contributed by atoms with van der Waals surface area (Å²) in [4.78, 5) is 25.5. The average molecular weight is 268 g/mol. The van der Waals surface area contributed by atoms with Gasteiger partial charge in [0.1, 0.15) is 0 Å². The van der Waals surface area contributed by atoms with E-state index in [0.717, 1.165) is 4.88 Å². The van der Waals surface area contributed by atoms with Crippen molar-refractivity contribution in [1.29, 1.82) is 0 Å². The molecule has 2 amide bonds. The van der Waals surface area contributed by atoms with Crippen LogP contribution in [-0.2, 0) is 4.79 Å². The first-order valence-corrected chi connectivity index (χ1v) is 6.60. The number of carbonyl (C=O) groups excluding carboxylic acids is 1. The van der Waals surface area contributed by atoms with E-state index in [-0.39, 0.29) is 18.6 Å². The highest BCUT2D eigenvalue weighted by atomic mass is 32.1. The van der Waals surface area contributed by atoms with Crippen molar-refractivity contribution in [3.8, 4) is 0 Å². The van der Waals surface area contributed by atoms with Crippen LogP contribution in [-0.4, -0.2) is 35.1 Å². The van der Waals surface area contributed by atoms with Crippen LogP contribution in [0.1, 0.15) is 24.8 Å². The Morgan fingerprint density at radius 2 is 2.39 bits per heavy atom. The highest BCUT2D eigenvalue weighted by Crippen LogP contribution is 2.27. The van der Waals surface area contributed by atoms with Gasteiger partial charge in [0.05, 0.1) is 11.5 Å². The minimum atomic E-state index is -0.929. The number of carboxylic acid groups (broad SMARTS) is 1. The van der Waals surface area contributed by atoms with E-state index in [1.807, 2.05) is 17.5 Å². The van der Waals surface area contributed by atoms with Crippen LogP contribution in [0.3, 0.4) is 0 Å². The number of urea groups is 1. The number of carboxylic acids is 1. The molecule has 5 nitrogen and oxygen atoms in total. The first kappa shape index (κ1) is 12.9. The Morgan fingerprint density at radius 3 is 2.94 bits per heavy atom. The molecule has 1 aromatic rings. The maximum atomic E-state index is 11.8. The fourth-order valence-electron chi connectivity index (χ4n) is 1.92. The van der Waals surface area contributed by atoms with Crippen molar-refractivity contribution < 1.29 is 14.7 Å². The molecule has 1 saturated heterocycles. The van der Waals surface area contributed by atoms with Crippen molar-refractivity contribution in [2.45, 2.75) is 19.9 Å². The molecule has 0 bridgehead atoms. The Kier molecular flexibility index (Phi) is 3.30. The summed E-state index contributed by atoms with van der Waals surface area (Å²) in [7, 11) is 0. The number of amides is 2. The van der Waals surface area contributed by atoms with Crippen molar-refractivity contribution in [3.05, 3.63) is 22.4 Å². The Morgan fingerprint density at radius 1 is 1.67 bits per heavy atom.